The van der Waals surface area contributed by atoms with Crippen LogP contribution in [0.1, 0.15) is 17.7 Å². The summed E-state index contributed by atoms with van der Waals surface area (Å²) in [6, 6.07) is 12.8. The molecule has 0 saturated carbocycles. The first-order valence-corrected chi connectivity index (χ1v) is 12.2. The first-order valence-electron chi connectivity index (χ1n) is 9.30. The highest BCUT2D eigenvalue weighted by atomic mass is 32.2. The van der Waals surface area contributed by atoms with E-state index >= 15 is 0 Å². The highest BCUT2D eigenvalue weighted by Gasteiger charge is 2.62. The first-order chi connectivity index (χ1) is 14.8. The number of benzene rings is 2. The van der Waals surface area contributed by atoms with E-state index in [9.17, 15) is 34.9 Å². The van der Waals surface area contributed by atoms with Gasteiger partial charge in [0.2, 0.25) is 17.2 Å². The quantitative estimate of drug-likeness (QED) is 0.249. The monoisotopic (exact) mass is 496 g/mol. The molecule has 1 aliphatic rings. The van der Waals surface area contributed by atoms with Crippen molar-refractivity contribution < 1.29 is 44.2 Å². The lowest BCUT2D eigenvalue weighted by Gasteiger charge is -2.30. The number of fused-ring (bicyclic) bond motifs is 1. The summed E-state index contributed by atoms with van der Waals surface area (Å²) in [6.45, 7) is 1.89. The van der Waals surface area contributed by atoms with Gasteiger partial charge >= 0.3 is 11.4 Å². The molecule has 0 aliphatic carbocycles. The van der Waals surface area contributed by atoms with Crippen LogP contribution < -0.4 is 4.74 Å². The molecule has 3 atom stereocenters. The average Bonchev–Trinajstić information content (AvgIpc) is 3.02. The van der Waals surface area contributed by atoms with Crippen molar-refractivity contribution in [3.8, 4) is 5.75 Å². The number of halogens is 5. The second-order valence-corrected chi connectivity index (χ2v) is 10.9. The highest BCUT2D eigenvalue weighted by Crippen LogP contribution is 2.41. The minimum Gasteiger partial charge on any atom is -0.743 e. The second-order valence-electron chi connectivity index (χ2n) is 6.99. The van der Waals surface area contributed by atoms with Crippen LogP contribution in [0.2, 0.25) is 0 Å². The number of para-hydroxylation sites is 1. The predicted octanol–water partition coefficient (Wildman–Crippen LogP) is 4.23. The number of alkyl halides is 5. The van der Waals surface area contributed by atoms with Crippen LogP contribution in [0, 0.1) is 0 Å². The van der Waals surface area contributed by atoms with Gasteiger partial charge in [-0.3, -0.25) is 0 Å². The Balaban J connectivity index is 1.97. The SMILES string of the molecule is CC[S+](c1cccc(OC(C(F)(F)F)C(F)(F)S(=O)(=O)[O-])c1)C1C=[N+](C)c2ccccc21. The molecule has 0 amide bonds. The van der Waals surface area contributed by atoms with Gasteiger partial charge in [0.05, 0.1) is 5.56 Å². The molecule has 2 aromatic rings. The molecular weight excluding hydrogens is 477 g/mol. The van der Waals surface area contributed by atoms with Gasteiger partial charge in [-0.25, -0.2) is 8.42 Å². The van der Waals surface area contributed by atoms with Crippen LogP contribution in [0.4, 0.5) is 27.6 Å². The molecule has 0 spiro atoms. The molecule has 0 saturated heterocycles. The summed E-state index contributed by atoms with van der Waals surface area (Å²) in [5, 5.41) is -5.80. The van der Waals surface area contributed by atoms with E-state index in [0.717, 1.165) is 17.3 Å². The molecule has 0 N–H and O–H groups in total. The van der Waals surface area contributed by atoms with E-state index < -0.39 is 44.3 Å². The third-order valence-electron chi connectivity index (χ3n) is 4.90. The summed E-state index contributed by atoms with van der Waals surface area (Å²) >= 11 is 0. The Morgan fingerprint density at radius 2 is 1.78 bits per heavy atom. The summed E-state index contributed by atoms with van der Waals surface area (Å²) in [6.07, 6.45) is -7.97. The number of rotatable bonds is 7. The molecular formula is C20H19F5NO4S2+. The Hall–Kier alpha value is -2.18. The molecule has 0 aromatic heterocycles. The van der Waals surface area contributed by atoms with E-state index in [1.54, 1.807) is 6.07 Å². The van der Waals surface area contributed by atoms with E-state index in [4.69, 9.17) is 0 Å². The minimum atomic E-state index is -6.63. The van der Waals surface area contributed by atoms with Gasteiger partial charge in [0.15, 0.2) is 15.0 Å². The Bertz CT molecular complexity index is 1130. The minimum absolute atomic E-state index is 0.0988. The van der Waals surface area contributed by atoms with Crippen molar-refractivity contribution >= 4 is 32.9 Å². The fourth-order valence-electron chi connectivity index (χ4n) is 3.44. The van der Waals surface area contributed by atoms with Crippen LogP contribution in [0.25, 0.3) is 0 Å². The second kappa shape index (κ2) is 8.64. The van der Waals surface area contributed by atoms with Gasteiger partial charge in [0, 0.05) is 23.0 Å². The Morgan fingerprint density at radius 3 is 2.38 bits per heavy atom. The average molecular weight is 496 g/mol. The molecule has 0 radical (unpaired) electrons. The van der Waals surface area contributed by atoms with Crippen molar-refractivity contribution in [2.75, 3.05) is 12.8 Å². The molecule has 3 rings (SSSR count). The molecule has 32 heavy (non-hydrogen) atoms. The molecule has 3 unspecified atom stereocenters. The highest BCUT2D eigenvalue weighted by molar-refractivity contribution is 7.97. The van der Waals surface area contributed by atoms with Gasteiger partial charge in [0.25, 0.3) is 6.10 Å². The van der Waals surface area contributed by atoms with Crippen LogP contribution in [-0.2, 0) is 21.0 Å². The van der Waals surface area contributed by atoms with Crippen LogP contribution in [0.3, 0.4) is 0 Å². The zero-order valence-electron chi connectivity index (χ0n) is 16.8. The van der Waals surface area contributed by atoms with Crippen molar-refractivity contribution in [2.24, 2.45) is 0 Å². The van der Waals surface area contributed by atoms with E-state index in [-0.39, 0.29) is 5.25 Å². The molecule has 0 bridgehead atoms. The van der Waals surface area contributed by atoms with E-state index in [0.29, 0.717) is 10.6 Å². The largest absolute Gasteiger partial charge is 0.743 e. The lowest BCUT2D eigenvalue weighted by atomic mass is 10.1. The standard InChI is InChI=1S/C20H19F5NO4S2/c1-3-31(17-12-26(2)16-10-5-4-9-15(16)17)14-8-6-7-13(11-14)30-18(19(21,22)23)20(24,25)32(27,28)29/h4-12,17-18H,3H2,1-2H3/q+1. The van der Waals surface area contributed by atoms with Gasteiger partial charge in [-0.1, -0.05) is 18.2 Å². The smallest absolute Gasteiger partial charge is 0.432 e. The van der Waals surface area contributed by atoms with Crippen molar-refractivity contribution in [1.82, 2.24) is 0 Å². The lowest BCUT2D eigenvalue weighted by Crippen LogP contribution is -2.53. The van der Waals surface area contributed by atoms with Crippen LogP contribution >= 0.6 is 0 Å². The van der Waals surface area contributed by atoms with Gasteiger partial charge in [-0.15, -0.1) is 0 Å². The third kappa shape index (κ3) is 4.62. The number of hydrogen-bond donors (Lipinski definition) is 0. The molecule has 0 fully saturated rings. The molecule has 174 valence electrons. The number of ether oxygens (including phenoxy) is 1. The Labute approximate surface area is 184 Å². The van der Waals surface area contributed by atoms with Crippen LogP contribution in [0.15, 0.2) is 53.4 Å². The maximum absolute atomic E-state index is 13.8. The van der Waals surface area contributed by atoms with E-state index in [1.165, 1.54) is 12.1 Å². The summed E-state index contributed by atoms with van der Waals surface area (Å²) in [5.74, 6) is -0.0145. The summed E-state index contributed by atoms with van der Waals surface area (Å²) in [5.41, 5.74) is 2.00. The maximum Gasteiger partial charge on any atom is 0.432 e. The first kappa shape index (κ1) is 24.5. The zero-order valence-corrected chi connectivity index (χ0v) is 18.5. The summed E-state index contributed by atoms with van der Waals surface area (Å²) in [4.78, 5) is 0.547. The van der Waals surface area contributed by atoms with Gasteiger partial charge in [-0.2, -0.15) is 26.5 Å². The molecule has 1 aliphatic heterocycles. The Morgan fingerprint density at radius 1 is 1.12 bits per heavy atom. The predicted molar refractivity (Wildman–Crippen MR) is 109 cm³/mol. The van der Waals surface area contributed by atoms with Gasteiger partial charge < -0.3 is 9.29 Å². The van der Waals surface area contributed by atoms with Crippen LogP contribution in [-0.4, -0.2) is 54.1 Å². The van der Waals surface area contributed by atoms with E-state index in [1.807, 2.05) is 49.0 Å². The number of nitrogens with zero attached hydrogens (tertiary/aromatic N) is 1. The molecule has 1 heterocycles. The fraction of sp³-hybridized carbons (Fsp3) is 0.350. The fourth-order valence-corrected chi connectivity index (χ4v) is 6.22. The Kier molecular flexibility index (Phi) is 6.60. The van der Waals surface area contributed by atoms with Crippen molar-refractivity contribution in [3.63, 3.8) is 0 Å². The third-order valence-corrected chi connectivity index (χ3v) is 8.25. The van der Waals surface area contributed by atoms with Crippen molar-refractivity contribution in [1.29, 1.82) is 0 Å². The van der Waals surface area contributed by atoms with Crippen molar-refractivity contribution in [3.05, 3.63) is 54.1 Å². The molecule has 12 heteroatoms. The topological polar surface area (TPSA) is 69.4 Å². The summed E-state index contributed by atoms with van der Waals surface area (Å²) < 4.78 is 106. The number of hydrogen-bond acceptors (Lipinski definition) is 4. The maximum atomic E-state index is 13.8. The molecule has 2 aromatic carbocycles. The van der Waals surface area contributed by atoms with E-state index in [2.05, 4.69) is 4.74 Å². The summed E-state index contributed by atoms with van der Waals surface area (Å²) in [7, 11) is -5.32. The van der Waals surface area contributed by atoms with Gasteiger partial charge in [0.1, 0.15) is 18.6 Å². The van der Waals surface area contributed by atoms with Crippen LogP contribution in [0.5, 0.6) is 5.75 Å². The van der Waals surface area contributed by atoms with Crippen molar-refractivity contribution in [2.45, 2.75) is 34.6 Å². The normalized spacial score (nSPS) is 18.6. The molecule has 5 nitrogen and oxygen atoms in total. The van der Waals surface area contributed by atoms with Gasteiger partial charge in [-0.05, 0) is 25.1 Å². The lowest BCUT2D eigenvalue weighted by molar-refractivity contribution is -0.396. The zero-order chi connectivity index (χ0) is 23.9.